The second-order valence-corrected chi connectivity index (χ2v) is 11.5. The summed E-state index contributed by atoms with van der Waals surface area (Å²) in [5.41, 5.74) is -0.816. The third kappa shape index (κ3) is 5.35. The summed E-state index contributed by atoms with van der Waals surface area (Å²) in [6.07, 6.45) is -0.575. The Morgan fingerprint density at radius 2 is 1.57 bits per heavy atom. The molecular weight excluding hydrogens is 478 g/mol. The van der Waals surface area contributed by atoms with Gasteiger partial charge >= 0.3 is 6.09 Å². The number of hydrogen-bond donors (Lipinski definition) is 1. The Morgan fingerprint density at radius 1 is 0.946 bits per heavy atom. The Bertz CT molecular complexity index is 1140. The van der Waals surface area contributed by atoms with Crippen LogP contribution in [0.4, 0.5) is 13.6 Å². The number of amides is 2. The summed E-state index contributed by atoms with van der Waals surface area (Å²) in [4.78, 5) is 29.9. The Labute approximate surface area is 217 Å². The highest BCUT2D eigenvalue weighted by Crippen LogP contribution is 2.43. The van der Waals surface area contributed by atoms with Crippen LogP contribution >= 0.6 is 0 Å². The maximum Gasteiger partial charge on any atom is 0.410 e. The predicted molar refractivity (Wildman–Crippen MR) is 136 cm³/mol. The molecule has 0 bridgehead atoms. The van der Waals surface area contributed by atoms with Gasteiger partial charge in [0.1, 0.15) is 17.2 Å². The standard InChI is InChI=1S/C29H36F2N2O4/c1-18-14-32(15-19(2)29(18,36)20-9-7-6-8-10-20)26(34)24-17-33(27(35)37-28(3,4)5)16-23(24)22-12-11-21(30)13-25(22)31/h6-13,18-19,23-24,36H,14-17H2,1-5H3/t18-,19+,23-,24-,29?/m0/s1. The van der Waals surface area contributed by atoms with Gasteiger partial charge in [0, 0.05) is 50.0 Å². The van der Waals surface area contributed by atoms with E-state index in [0.717, 1.165) is 11.6 Å². The van der Waals surface area contributed by atoms with Gasteiger partial charge in [0.25, 0.3) is 0 Å². The number of benzene rings is 2. The molecule has 5 atom stereocenters. The fourth-order valence-electron chi connectivity index (χ4n) is 5.84. The SMILES string of the molecule is C[C@@H]1CN(C(=O)[C@H]2CN(C(=O)OC(C)(C)C)C[C@H]2c2ccc(F)cc2F)C[C@H](C)C1(O)c1ccccc1. The summed E-state index contributed by atoms with van der Waals surface area (Å²) in [6.45, 7) is 9.88. The van der Waals surface area contributed by atoms with Crippen LogP contribution in [0.15, 0.2) is 48.5 Å². The van der Waals surface area contributed by atoms with Crippen molar-refractivity contribution in [3.63, 3.8) is 0 Å². The van der Waals surface area contributed by atoms with Gasteiger partial charge in [0.2, 0.25) is 5.91 Å². The third-order valence-electron chi connectivity index (χ3n) is 7.69. The van der Waals surface area contributed by atoms with E-state index in [1.807, 2.05) is 44.2 Å². The number of hydrogen-bond acceptors (Lipinski definition) is 4. The molecule has 0 spiro atoms. The van der Waals surface area contributed by atoms with Gasteiger partial charge in [-0.25, -0.2) is 13.6 Å². The molecule has 1 unspecified atom stereocenters. The minimum absolute atomic E-state index is 0.0669. The lowest BCUT2D eigenvalue weighted by Gasteiger charge is -2.48. The second-order valence-electron chi connectivity index (χ2n) is 11.5. The molecule has 200 valence electrons. The molecule has 2 aliphatic heterocycles. The molecule has 2 aromatic rings. The topological polar surface area (TPSA) is 70.1 Å². The monoisotopic (exact) mass is 514 g/mol. The van der Waals surface area contributed by atoms with E-state index in [-0.39, 0.29) is 36.4 Å². The number of halogens is 2. The summed E-state index contributed by atoms with van der Waals surface area (Å²) in [6, 6.07) is 12.8. The minimum Gasteiger partial charge on any atom is -0.444 e. The van der Waals surface area contributed by atoms with E-state index in [1.165, 1.54) is 17.0 Å². The van der Waals surface area contributed by atoms with Gasteiger partial charge in [0.15, 0.2) is 0 Å². The van der Waals surface area contributed by atoms with Gasteiger partial charge in [-0.2, -0.15) is 0 Å². The normalized spacial score (nSPS) is 28.3. The Morgan fingerprint density at radius 3 is 2.14 bits per heavy atom. The van der Waals surface area contributed by atoms with Crippen molar-refractivity contribution in [2.75, 3.05) is 26.2 Å². The molecule has 2 heterocycles. The van der Waals surface area contributed by atoms with Crippen LogP contribution in [0.2, 0.25) is 0 Å². The molecule has 2 fully saturated rings. The molecule has 4 rings (SSSR count). The first-order valence-electron chi connectivity index (χ1n) is 12.8. The fourth-order valence-corrected chi connectivity index (χ4v) is 5.84. The molecular formula is C29H36F2N2O4. The summed E-state index contributed by atoms with van der Waals surface area (Å²) < 4.78 is 34.0. The lowest BCUT2D eigenvalue weighted by Crippen LogP contribution is -2.57. The van der Waals surface area contributed by atoms with Crippen LogP contribution in [-0.2, 0) is 15.1 Å². The van der Waals surface area contributed by atoms with E-state index in [4.69, 9.17) is 4.74 Å². The molecule has 8 heteroatoms. The average molecular weight is 515 g/mol. The van der Waals surface area contributed by atoms with Gasteiger partial charge in [-0.1, -0.05) is 50.2 Å². The maximum absolute atomic E-state index is 14.9. The number of likely N-dealkylation sites (tertiary alicyclic amines) is 2. The van der Waals surface area contributed by atoms with E-state index in [1.54, 1.807) is 25.7 Å². The zero-order chi connectivity index (χ0) is 27.1. The molecule has 1 N–H and O–H groups in total. The van der Waals surface area contributed by atoms with Crippen LogP contribution in [0, 0.1) is 29.4 Å². The van der Waals surface area contributed by atoms with Crippen molar-refractivity contribution in [1.29, 1.82) is 0 Å². The van der Waals surface area contributed by atoms with Crippen LogP contribution in [0.25, 0.3) is 0 Å². The van der Waals surface area contributed by atoms with Crippen LogP contribution in [-0.4, -0.2) is 58.7 Å². The van der Waals surface area contributed by atoms with E-state index >= 15 is 0 Å². The van der Waals surface area contributed by atoms with E-state index in [9.17, 15) is 23.5 Å². The van der Waals surface area contributed by atoms with Gasteiger partial charge in [-0.15, -0.1) is 0 Å². The van der Waals surface area contributed by atoms with Crippen molar-refractivity contribution in [2.45, 2.75) is 51.7 Å². The van der Waals surface area contributed by atoms with Crippen molar-refractivity contribution in [1.82, 2.24) is 9.80 Å². The largest absolute Gasteiger partial charge is 0.444 e. The Kier molecular flexibility index (Phi) is 7.34. The lowest BCUT2D eigenvalue weighted by atomic mass is 9.70. The van der Waals surface area contributed by atoms with Crippen LogP contribution in [0.5, 0.6) is 0 Å². The number of piperidine rings is 1. The smallest absolute Gasteiger partial charge is 0.410 e. The second kappa shape index (κ2) is 10.0. The Balaban J connectivity index is 1.60. The summed E-state index contributed by atoms with van der Waals surface area (Å²) in [5, 5.41) is 11.7. The van der Waals surface area contributed by atoms with Crippen LogP contribution in [0.3, 0.4) is 0 Å². The summed E-state index contributed by atoms with van der Waals surface area (Å²) in [5.74, 6) is -3.55. The van der Waals surface area contributed by atoms with Crippen molar-refractivity contribution < 1.29 is 28.2 Å². The Hall–Kier alpha value is -3.00. The van der Waals surface area contributed by atoms with Gasteiger partial charge in [0.05, 0.1) is 11.5 Å². The zero-order valence-electron chi connectivity index (χ0n) is 22.1. The molecule has 2 saturated heterocycles. The number of carbonyl (C=O) groups excluding carboxylic acids is 2. The molecule has 37 heavy (non-hydrogen) atoms. The zero-order valence-corrected chi connectivity index (χ0v) is 22.1. The van der Waals surface area contributed by atoms with Crippen LogP contribution in [0.1, 0.15) is 51.7 Å². The van der Waals surface area contributed by atoms with E-state index in [2.05, 4.69) is 0 Å². The van der Waals surface area contributed by atoms with Crippen molar-refractivity contribution >= 4 is 12.0 Å². The quantitative estimate of drug-likeness (QED) is 0.632. The number of aliphatic hydroxyl groups is 1. The predicted octanol–water partition coefficient (Wildman–Crippen LogP) is 4.92. The van der Waals surface area contributed by atoms with E-state index < -0.39 is 40.8 Å². The average Bonchev–Trinajstić information content (AvgIpc) is 3.26. The lowest BCUT2D eigenvalue weighted by molar-refractivity contribution is -0.152. The maximum atomic E-state index is 14.9. The number of rotatable bonds is 3. The molecule has 2 aliphatic rings. The molecule has 0 aromatic heterocycles. The molecule has 2 aromatic carbocycles. The molecule has 0 aliphatic carbocycles. The van der Waals surface area contributed by atoms with Gasteiger partial charge in [-0.05, 0) is 38.0 Å². The molecule has 0 radical (unpaired) electrons. The minimum atomic E-state index is -1.10. The van der Waals surface area contributed by atoms with Gasteiger partial charge in [-0.3, -0.25) is 4.79 Å². The van der Waals surface area contributed by atoms with Crippen molar-refractivity contribution in [3.05, 3.63) is 71.3 Å². The first-order valence-corrected chi connectivity index (χ1v) is 12.8. The summed E-state index contributed by atoms with van der Waals surface area (Å²) >= 11 is 0. The summed E-state index contributed by atoms with van der Waals surface area (Å²) in [7, 11) is 0. The van der Waals surface area contributed by atoms with Crippen LogP contribution < -0.4 is 0 Å². The van der Waals surface area contributed by atoms with E-state index in [0.29, 0.717) is 13.1 Å². The van der Waals surface area contributed by atoms with Crippen molar-refractivity contribution in [3.8, 4) is 0 Å². The first kappa shape index (κ1) is 27.0. The van der Waals surface area contributed by atoms with Crippen molar-refractivity contribution in [2.24, 2.45) is 17.8 Å². The highest BCUT2D eigenvalue weighted by molar-refractivity contribution is 5.82. The highest BCUT2D eigenvalue weighted by atomic mass is 19.1. The highest BCUT2D eigenvalue weighted by Gasteiger charge is 2.50. The number of carbonyl (C=O) groups is 2. The third-order valence-corrected chi connectivity index (χ3v) is 7.69. The molecule has 6 nitrogen and oxygen atoms in total. The fraction of sp³-hybridized carbons (Fsp3) is 0.517. The molecule has 2 amide bonds. The first-order chi connectivity index (χ1) is 17.3. The van der Waals surface area contributed by atoms with Gasteiger partial charge < -0.3 is 19.6 Å². The number of ether oxygens (including phenoxy) is 1. The molecule has 0 saturated carbocycles. The number of nitrogens with zero attached hydrogens (tertiary/aromatic N) is 2.